The lowest BCUT2D eigenvalue weighted by Crippen LogP contribution is -2.28. The van der Waals surface area contributed by atoms with Crippen molar-refractivity contribution in [1.29, 1.82) is 0 Å². The molecule has 0 saturated carbocycles. The van der Waals surface area contributed by atoms with Gasteiger partial charge in [0.1, 0.15) is 5.82 Å². The Morgan fingerprint density at radius 3 is 2.89 bits per heavy atom. The van der Waals surface area contributed by atoms with Gasteiger partial charge < -0.3 is 9.84 Å². The molecule has 0 amide bonds. The summed E-state index contributed by atoms with van der Waals surface area (Å²) < 4.78 is 18.1. The maximum Gasteiger partial charge on any atom is 0.231 e. The van der Waals surface area contributed by atoms with Gasteiger partial charge in [-0.15, -0.1) is 0 Å². The average Bonchev–Trinajstić information content (AvgIpc) is 2.91. The maximum atomic E-state index is 12.8. The minimum absolute atomic E-state index is 0.231. The Morgan fingerprint density at radius 1 is 1.32 bits per heavy atom. The summed E-state index contributed by atoms with van der Waals surface area (Å²) in [6.45, 7) is 1.96. The van der Waals surface area contributed by atoms with Crippen LogP contribution in [0.15, 0.2) is 28.8 Å². The minimum Gasteiger partial charge on any atom is -0.339 e. The van der Waals surface area contributed by atoms with Crippen LogP contribution in [0.2, 0.25) is 0 Å². The number of benzene rings is 1. The van der Waals surface area contributed by atoms with E-state index in [9.17, 15) is 4.39 Å². The number of halogens is 1. The van der Waals surface area contributed by atoms with E-state index in [1.807, 2.05) is 0 Å². The van der Waals surface area contributed by atoms with Crippen molar-refractivity contribution in [2.24, 2.45) is 0 Å². The van der Waals surface area contributed by atoms with E-state index in [1.165, 1.54) is 12.1 Å². The Labute approximate surface area is 111 Å². The van der Waals surface area contributed by atoms with E-state index in [4.69, 9.17) is 4.52 Å². The average molecular weight is 261 g/mol. The zero-order valence-corrected chi connectivity index (χ0v) is 10.6. The Balaban J connectivity index is 1.68. The number of hydrogen-bond donors (Lipinski definition) is 1. The molecule has 1 aliphatic rings. The molecule has 0 aliphatic carbocycles. The van der Waals surface area contributed by atoms with Gasteiger partial charge >= 0.3 is 0 Å². The van der Waals surface area contributed by atoms with Crippen LogP contribution in [0.25, 0.3) is 0 Å². The molecule has 1 atom stereocenters. The van der Waals surface area contributed by atoms with Gasteiger partial charge in [-0.2, -0.15) is 4.98 Å². The second-order valence-electron chi connectivity index (χ2n) is 4.90. The topological polar surface area (TPSA) is 51.0 Å². The summed E-state index contributed by atoms with van der Waals surface area (Å²) in [6, 6.07) is 6.38. The highest BCUT2D eigenvalue weighted by Crippen LogP contribution is 2.21. The number of hydrogen-bond acceptors (Lipinski definition) is 4. The fourth-order valence-electron chi connectivity index (χ4n) is 2.35. The Morgan fingerprint density at radius 2 is 2.16 bits per heavy atom. The van der Waals surface area contributed by atoms with Crippen LogP contribution >= 0.6 is 0 Å². The molecule has 2 heterocycles. The second-order valence-corrected chi connectivity index (χ2v) is 4.90. The van der Waals surface area contributed by atoms with E-state index in [-0.39, 0.29) is 5.82 Å². The van der Waals surface area contributed by atoms with Crippen LogP contribution in [0.1, 0.15) is 36.0 Å². The molecular formula is C14H16FN3O. The van der Waals surface area contributed by atoms with Gasteiger partial charge in [-0.25, -0.2) is 4.39 Å². The normalized spacial score (nSPS) is 19.5. The minimum atomic E-state index is -0.231. The maximum absolute atomic E-state index is 12.8. The highest BCUT2D eigenvalue weighted by Gasteiger charge is 2.21. The van der Waals surface area contributed by atoms with Crippen molar-refractivity contribution in [1.82, 2.24) is 15.5 Å². The Bertz CT molecular complexity index is 532. The number of nitrogens with one attached hydrogen (secondary N) is 1. The molecule has 1 aliphatic heterocycles. The summed E-state index contributed by atoms with van der Waals surface area (Å²) in [6.07, 6.45) is 2.80. The molecule has 19 heavy (non-hydrogen) atoms. The first kappa shape index (κ1) is 12.3. The van der Waals surface area contributed by atoms with E-state index < -0.39 is 0 Å². The summed E-state index contributed by atoms with van der Waals surface area (Å²) in [4.78, 5) is 4.44. The van der Waals surface area contributed by atoms with Crippen molar-refractivity contribution in [2.75, 3.05) is 13.1 Å². The number of rotatable bonds is 3. The Hall–Kier alpha value is -1.75. The molecule has 0 radical (unpaired) electrons. The van der Waals surface area contributed by atoms with Crippen LogP contribution in [0.4, 0.5) is 4.39 Å². The molecule has 2 aromatic rings. The van der Waals surface area contributed by atoms with Crippen molar-refractivity contribution in [3.05, 3.63) is 47.4 Å². The zero-order chi connectivity index (χ0) is 13.1. The van der Waals surface area contributed by atoms with Crippen LogP contribution < -0.4 is 5.32 Å². The van der Waals surface area contributed by atoms with E-state index in [0.29, 0.717) is 24.1 Å². The van der Waals surface area contributed by atoms with Crippen molar-refractivity contribution < 1.29 is 8.91 Å². The molecule has 1 saturated heterocycles. The first-order valence-corrected chi connectivity index (χ1v) is 6.59. The van der Waals surface area contributed by atoms with Gasteiger partial charge in [0.25, 0.3) is 0 Å². The third-order valence-corrected chi connectivity index (χ3v) is 3.41. The monoisotopic (exact) mass is 261 g/mol. The molecule has 1 N–H and O–H groups in total. The van der Waals surface area contributed by atoms with Crippen LogP contribution in [0.5, 0.6) is 0 Å². The van der Waals surface area contributed by atoms with Crippen LogP contribution in [0, 0.1) is 5.82 Å². The lowest BCUT2D eigenvalue weighted by Gasteiger charge is -2.18. The van der Waals surface area contributed by atoms with Gasteiger partial charge in [0, 0.05) is 13.0 Å². The molecule has 5 heteroatoms. The van der Waals surface area contributed by atoms with Gasteiger partial charge in [-0.05, 0) is 37.1 Å². The van der Waals surface area contributed by atoms with E-state index in [1.54, 1.807) is 12.1 Å². The lowest BCUT2D eigenvalue weighted by atomic mass is 10.00. The summed E-state index contributed by atoms with van der Waals surface area (Å²) >= 11 is 0. The highest BCUT2D eigenvalue weighted by atomic mass is 19.1. The summed E-state index contributed by atoms with van der Waals surface area (Å²) in [5, 5.41) is 7.33. The largest absolute Gasteiger partial charge is 0.339 e. The molecule has 100 valence electrons. The van der Waals surface area contributed by atoms with Crippen molar-refractivity contribution in [3.8, 4) is 0 Å². The number of piperidine rings is 1. The SMILES string of the molecule is Fc1ccc(Cc2noc([C@@H]3CCCNC3)n2)cc1. The zero-order valence-electron chi connectivity index (χ0n) is 10.6. The van der Waals surface area contributed by atoms with Gasteiger partial charge in [0.2, 0.25) is 5.89 Å². The van der Waals surface area contributed by atoms with E-state index in [0.717, 1.165) is 31.5 Å². The quantitative estimate of drug-likeness (QED) is 0.920. The number of aromatic nitrogens is 2. The smallest absolute Gasteiger partial charge is 0.231 e. The predicted octanol–water partition coefficient (Wildman–Crippen LogP) is 2.27. The molecule has 0 spiro atoms. The van der Waals surface area contributed by atoms with Crippen LogP contribution in [-0.2, 0) is 6.42 Å². The molecule has 0 bridgehead atoms. The summed E-state index contributed by atoms with van der Waals surface area (Å²) in [7, 11) is 0. The third kappa shape index (κ3) is 2.98. The second kappa shape index (κ2) is 5.48. The molecule has 0 unspecified atom stereocenters. The van der Waals surface area contributed by atoms with E-state index in [2.05, 4.69) is 15.5 Å². The molecule has 1 aromatic carbocycles. The lowest BCUT2D eigenvalue weighted by molar-refractivity contribution is 0.320. The Kier molecular flexibility index (Phi) is 3.55. The molecule has 3 rings (SSSR count). The first-order valence-electron chi connectivity index (χ1n) is 6.59. The van der Waals surface area contributed by atoms with Crippen molar-refractivity contribution >= 4 is 0 Å². The van der Waals surface area contributed by atoms with Crippen molar-refractivity contribution in [3.63, 3.8) is 0 Å². The first-order chi connectivity index (χ1) is 9.31. The fraction of sp³-hybridized carbons (Fsp3) is 0.429. The number of nitrogens with zero attached hydrogens (tertiary/aromatic N) is 2. The molecule has 1 fully saturated rings. The van der Waals surface area contributed by atoms with E-state index >= 15 is 0 Å². The van der Waals surface area contributed by atoms with Gasteiger partial charge in [-0.3, -0.25) is 0 Å². The van der Waals surface area contributed by atoms with Crippen LogP contribution in [-0.4, -0.2) is 23.2 Å². The van der Waals surface area contributed by atoms with Gasteiger partial charge in [0.15, 0.2) is 5.82 Å². The molecular weight excluding hydrogens is 245 g/mol. The highest BCUT2D eigenvalue weighted by molar-refractivity contribution is 5.19. The van der Waals surface area contributed by atoms with Gasteiger partial charge in [-0.1, -0.05) is 17.3 Å². The molecule has 1 aromatic heterocycles. The standard InChI is InChI=1S/C14H16FN3O/c15-12-5-3-10(4-6-12)8-13-17-14(19-18-13)11-2-1-7-16-9-11/h3-6,11,16H,1-2,7-9H2/t11-/m1/s1. The molecule has 4 nitrogen and oxygen atoms in total. The third-order valence-electron chi connectivity index (χ3n) is 3.41. The van der Waals surface area contributed by atoms with Crippen molar-refractivity contribution in [2.45, 2.75) is 25.2 Å². The predicted molar refractivity (Wildman–Crippen MR) is 68.3 cm³/mol. The van der Waals surface area contributed by atoms with Gasteiger partial charge in [0.05, 0.1) is 5.92 Å². The van der Waals surface area contributed by atoms with Crippen LogP contribution in [0.3, 0.4) is 0 Å². The fourth-order valence-corrected chi connectivity index (χ4v) is 2.35. The summed E-state index contributed by atoms with van der Waals surface area (Å²) in [5.74, 6) is 1.46. The summed E-state index contributed by atoms with van der Waals surface area (Å²) in [5.41, 5.74) is 0.982.